The molecule has 0 radical (unpaired) electrons. The van der Waals surface area contributed by atoms with Crippen molar-refractivity contribution >= 4 is 22.6 Å². The van der Waals surface area contributed by atoms with Crippen molar-refractivity contribution in [3.63, 3.8) is 0 Å². The molecule has 0 saturated heterocycles. The minimum atomic E-state index is -0.330. The van der Waals surface area contributed by atoms with Crippen LogP contribution in [0.4, 0.5) is 0 Å². The number of aryl methyl sites for hydroxylation is 1. The van der Waals surface area contributed by atoms with Crippen LogP contribution in [0, 0.1) is 5.92 Å². The molecule has 0 amide bonds. The van der Waals surface area contributed by atoms with Crippen molar-refractivity contribution in [2.45, 2.75) is 26.5 Å². The number of benzene rings is 1. The summed E-state index contributed by atoms with van der Waals surface area (Å²) >= 11 is 5.96. The molecule has 0 bridgehead atoms. The summed E-state index contributed by atoms with van der Waals surface area (Å²) in [6.45, 7) is 5.21. The summed E-state index contributed by atoms with van der Waals surface area (Å²) in [5.41, 5.74) is 1.96. The van der Waals surface area contributed by atoms with Crippen LogP contribution in [-0.2, 0) is 13.6 Å². The van der Waals surface area contributed by atoms with Crippen LogP contribution in [0.1, 0.15) is 19.7 Å². The molecule has 4 nitrogen and oxygen atoms in total. The van der Waals surface area contributed by atoms with E-state index in [0.29, 0.717) is 18.1 Å². The maximum absolute atomic E-state index is 9.74. The van der Waals surface area contributed by atoms with Crippen molar-refractivity contribution in [3.05, 3.63) is 29.0 Å². The monoisotopic (exact) mass is 281 g/mol. The predicted molar refractivity (Wildman–Crippen MR) is 78.3 cm³/mol. The quantitative estimate of drug-likeness (QED) is 0.884. The van der Waals surface area contributed by atoms with Gasteiger partial charge in [0.1, 0.15) is 5.82 Å². The maximum atomic E-state index is 9.74. The summed E-state index contributed by atoms with van der Waals surface area (Å²) in [7, 11) is 1.99. The maximum Gasteiger partial charge on any atom is 0.123 e. The number of imidazole rings is 1. The number of nitrogens with one attached hydrogen (secondary N) is 1. The molecule has 0 spiro atoms. The molecule has 0 aliphatic carbocycles. The smallest absolute Gasteiger partial charge is 0.123 e. The predicted octanol–water partition coefficient (Wildman–Crippen LogP) is 2.33. The average Bonchev–Trinajstić information content (AvgIpc) is 2.65. The Morgan fingerprint density at radius 3 is 2.84 bits per heavy atom. The summed E-state index contributed by atoms with van der Waals surface area (Å²) < 4.78 is 2.04. The topological polar surface area (TPSA) is 50.1 Å². The number of hydrogen-bond donors (Lipinski definition) is 2. The first-order valence-corrected chi connectivity index (χ1v) is 6.86. The highest BCUT2D eigenvalue weighted by Gasteiger charge is 2.11. The van der Waals surface area contributed by atoms with Gasteiger partial charge in [-0.25, -0.2) is 4.98 Å². The van der Waals surface area contributed by atoms with E-state index in [4.69, 9.17) is 11.6 Å². The van der Waals surface area contributed by atoms with Crippen LogP contribution in [0.2, 0.25) is 5.02 Å². The third-order valence-corrected chi connectivity index (χ3v) is 3.58. The van der Waals surface area contributed by atoms with E-state index < -0.39 is 0 Å². The Hall–Kier alpha value is -1.10. The zero-order chi connectivity index (χ0) is 14.0. The fraction of sp³-hybridized carbons (Fsp3) is 0.500. The summed E-state index contributed by atoms with van der Waals surface area (Å²) in [5, 5.41) is 13.7. The van der Waals surface area contributed by atoms with Crippen molar-refractivity contribution in [1.82, 2.24) is 14.9 Å². The van der Waals surface area contributed by atoms with Gasteiger partial charge in [-0.15, -0.1) is 0 Å². The van der Waals surface area contributed by atoms with Gasteiger partial charge in [0.15, 0.2) is 0 Å². The fourth-order valence-electron chi connectivity index (χ4n) is 1.95. The Morgan fingerprint density at radius 2 is 2.16 bits per heavy atom. The number of halogens is 1. The highest BCUT2D eigenvalue weighted by Crippen LogP contribution is 2.19. The van der Waals surface area contributed by atoms with Crippen LogP contribution in [-0.4, -0.2) is 27.3 Å². The lowest BCUT2D eigenvalue weighted by atomic mass is 10.1. The largest absolute Gasteiger partial charge is 0.392 e. The molecule has 5 heteroatoms. The molecule has 0 saturated carbocycles. The van der Waals surface area contributed by atoms with E-state index in [1.807, 2.05) is 43.7 Å². The summed E-state index contributed by atoms with van der Waals surface area (Å²) in [6.07, 6.45) is -0.330. The first kappa shape index (κ1) is 14.3. The molecule has 1 aromatic heterocycles. The van der Waals surface area contributed by atoms with Gasteiger partial charge in [-0.2, -0.15) is 0 Å². The standard InChI is InChI=1S/C14H20ClN3O/c1-9(2)13(19)7-16-8-14-17-11-6-10(15)4-5-12(11)18(14)3/h4-6,9,13,16,19H,7-8H2,1-3H3. The zero-order valence-electron chi connectivity index (χ0n) is 11.5. The van der Waals surface area contributed by atoms with E-state index in [9.17, 15) is 5.11 Å². The third kappa shape index (κ3) is 3.26. The van der Waals surface area contributed by atoms with Crippen molar-refractivity contribution in [1.29, 1.82) is 0 Å². The molecule has 104 valence electrons. The second kappa shape index (κ2) is 5.90. The summed E-state index contributed by atoms with van der Waals surface area (Å²) in [6, 6.07) is 5.70. The SMILES string of the molecule is CC(C)C(O)CNCc1nc2cc(Cl)ccc2n1C. The molecule has 1 aromatic carbocycles. The van der Waals surface area contributed by atoms with Crippen LogP contribution in [0.5, 0.6) is 0 Å². The first-order chi connectivity index (χ1) is 8.99. The minimum Gasteiger partial charge on any atom is -0.392 e. The van der Waals surface area contributed by atoms with E-state index in [1.165, 1.54) is 0 Å². The van der Waals surface area contributed by atoms with Gasteiger partial charge < -0.3 is 15.0 Å². The van der Waals surface area contributed by atoms with Crippen LogP contribution < -0.4 is 5.32 Å². The van der Waals surface area contributed by atoms with Crippen LogP contribution in [0.25, 0.3) is 11.0 Å². The van der Waals surface area contributed by atoms with Gasteiger partial charge >= 0.3 is 0 Å². The molecule has 0 aliphatic heterocycles. The fourth-order valence-corrected chi connectivity index (χ4v) is 2.11. The number of fused-ring (bicyclic) bond motifs is 1. The second-order valence-electron chi connectivity index (χ2n) is 5.16. The van der Waals surface area contributed by atoms with Crippen LogP contribution in [0.3, 0.4) is 0 Å². The van der Waals surface area contributed by atoms with Gasteiger partial charge in [0, 0.05) is 18.6 Å². The Balaban J connectivity index is 2.07. The van der Waals surface area contributed by atoms with Gasteiger partial charge in [0.05, 0.1) is 23.7 Å². The minimum absolute atomic E-state index is 0.256. The molecule has 2 rings (SSSR count). The van der Waals surface area contributed by atoms with Gasteiger partial charge in [-0.05, 0) is 24.1 Å². The molecule has 0 fully saturated rings. The van der Waals surface area contributed by atoms with Gasteiger partial charge in [-0.3, -0.25) is 0 Å². The molecule has 0 aliphatic rings. The van der Waals surface area contributed by atoms with Crippen molar-refractivity contribution in [2.75, 3.05) is 6.54 Å². The molecule has 1 atom stereocenters. The van der Waals surface area contributed by atoms with Crippen molar-refractivity contribution < 1.29 is 5.11 Å². The number of nitrogens with zero attached hydrogens (tertiary/aromatic N) is 2. The van der Waals surface area contributed by atoms with Gasteiger partial charge in [-0.1, -0.05) is 25.4 Å². The molecule has 2 aromatic rings. The van der Waals surface area contributed by atoms with Crippen LogP contribution >= 0.6 is 11.6 Å². The lowest BCUT2D eigenvalue weighted by molar-refractivity contribution is 0.123. The zero-order valence-corrected chi connectivity index (χ0v) is 12.3. The Labute approximate surface area is 118 Å². The lowest BCUT2D eigenvalue weighted by Gasteiger charge is -2.14. The van der Waals surface area contributed by atoms with E-state index in [0.717, 1.165) is 16.9 Å². The Morgan fingerprint density at radius 1 is 1.42 bits per heavy atom. The van der Waals surface area contributed by atoms with Crippen LogP contribution in [0.15, 0.2) is 18.2 Å². The molecular formula is C14H20ClN3O. The van der Waals surface area contributed by atoms with E-state index in [-0.39, 0.29) is 12.0 Å². The lowest BCUT2D eigenvalue weighted by Crippen LogP contribution is -2.30. The molecule has 2 N–H and O–H groups in total. The van der Waals surface area contributed by atoms with Crippen molar-refractivity contribution in [2.24, 2.45) is 13.0 Å². The van der Waals surface area contributed by atoms with E-state index in [2.05, 4.69) is 10.3 Å². The van der Waals surface area contributed by atoms with E-state index in [1.54, 1.807) is 0 Å². The number of hydrogen-bond acceptors (Lipinski definition) is 3. The number of aliphatic hydroxyl groups is 1. The third-order valence-electron chi connectivity index (χ3n) is 3.34. The number of aromatic nitrogens is 2. The molecule has 1 unspecified atom stereocenters. The summed E-state index contributed by atoms with van der Waals surface area (Å²) in [4.78, 5) is 4.55. The number of rotatable bonds is 5. The summed E-state index contributed by atoms with van der Waals surface area (Å²) in [5.74, 6) is 1.19. The molecule has 19 heavy (non-hydrogen) atoms. The Bertz CT molecular complexity index is 565. The number of aliphatic hydroxyl groups excluding tert-OH is 1. The average molecular weight is 282 g/mol. The van der Waals surface area contributed by atoms with Crippen molar-refractivity contribution in [3.8, 4) is 0 Å². The molecule has 1 heterocycles. The van der Waals surface area contributed by atoms with Gasteiger partial charge in [0.25, 0.3) is 0 Å². The van der Waals surface area contributed by atoms with Gasteiger partial charge in [0.2, 0.25) is 0 Å². The van der Waals surface area contributed by atoms with E-state index >= 15 is 0 Å². The normalized spacial score (nSPS) is 13.4. The second-order valence-corrected chi connectivity index (χ2v) is 5.60. The highest BCUT2D eigenvalue weighted by atomic mass is 35.5. The first-order valence-electron chi connectivity index (χ1n) is 6.48. The molecular weight excluding hydrogens is 262 g/mol. The Kier molecular flexibility index (Phi) is 4.45. The highest BCUT2D eigenvalue weighted by molar-refractivity contribution is 6.31.